The van der Waals surface area contributed by atoms with Gasteiger partial charge in [0.1, 0.15) is 5.69 Å². The summed E-state index contributed by atoms with van der Waals surface area (Å²) in [4.78, 5) is 37.8. The van der Waals surface area contributed by atoms with Crippen molar-refractivity contribution in [3.8, 4) is 0 Å². The van der Waals surface area contributed by atoms with Crippen molar-refractivity contribution >= 4 is 34.3 Å². The third kappa shape index (κ3) is 3.25. The minimum atomic E-state index is -0.981. The molecule has 9 heteroatoms. The molecule has 1 aromatic heterocycles. The summed E-state index contributed by atoms with van der Waals surface area (Å²) in [5, 5.41) is 8.95. The van der Waals surface area contributed by atoms with E-state index in [2.05, 4.69) is 4.99 Å². The Morgan fingerprint density at radius 1 is 1.37 bits per heavy atom. The summed E-state index contributed by atoms with van der Waals surface area (Å²) in [6.07, 6.45) is 0. The van der Waals surface area contributed by atoms with Crippen LogP contribution < -0.4 is 17.0 Å². The van der Waals surface area contributed by atoms with Gasteiger partial charge in [-0.2, -0.15) is 0 Å². The van der Waals surface area contributed by atoms with Gasteiger partial charge in [0, 0.05) is 14.1 Å². The Balaban J connectivity index is 3.29. The molecule has 1 heterocycles. The number of thioether (sulfide) groups is 1. The SMILES string of the molecule is C/C(=N\c1c(N)c(=O)n(C)c(=O)n1C)SCC(=O)O. The highest BCUT2D eigenvalue weighted by Crippen LogP contribution is 2.17. The molecule has 0 spiro atoms. The first-order chi connectivity index (χ1) is 8.75. The lowest BCUT2D eigenvalue weighted by Gasteiger charge is -2.09. The highest BCUT2D eigenvalue weighted by Gasteiger charge is 2.12. The number of hydrogen-bond donors (Lipinski definition) is 2. The summed E-state index contributed by atoms with van der Waals surface area (Å²) >= 11 is 0.983. The molecule has 0 bridgehead atoms. The van der Waals surface area contributed by atoms with Gasteiger partial charge in [-0.15, -0.1) is 0 Å². The maximum Gasteiger partial charge on any atom is 0.332 e. The average molecular weight is 286 g/mol. The largest absolute Gasteiger partial charge is 0.481 e. The van der Waals surface area contributed by atoms with Gasteiger partial charge < -0.3 is 10.8 Å². The van der Waals surface area contributed by atoms with Crippen molar-refractivity contribution in [1.29, 1.82) is 0 Å². The van der Waals surface area contributed by atoms with Gasteiger partial charge in [-0.3, -0.25) is 18.7 Å². The number of nitrogens with zero attached hydrogens (tertiary/aromatic N) is 3. The van der Waals surface area contributed by atoms with Crippen LogP contribution in [0.25, 0.3) is 0 Å². The van der Waals surface area contributed by atoms with E-state index in [4.69, 9.17) is 10.8 Å². The fourth-order valence-electron chi connectivity index (χ4n) is 1.34. The summed E-state index contributed by atoms with van der Waals surface area (Å²) in [5.41, 5.74) is 4.30. The molecule has 0 aliphatic heterocycles. The monoisotopic (exact) mass is 286 g/mol. The molecule has 8 nitrogen and oxygen atoms in total. The highest BCUT2D eigenvalue weighted by molar-refractivity contribution is 8.14. The minimum Gasteiger partial charge on any atom is -0.481 e. The van der Waals surface area contributed by atoms with Crippen LogP contribution in [0, 0.1) is 0 Å². The van der Waals surface area contributed by atoms with Gasteiger partial charge in [0.2, 0.25) is 0 Å². The summed E-state index contributed by atoms with van der Waals surface area (Å²) < 4.78 is 2.02. The molecule has 1 rings (SSSR count). The topological polar surface area (TPSA) is 120 Å². The number of aromatic nitrogens is 2. The van der Waals surface area contributed by atoms with Crippen LogP contribution in [0.3, 0.4) is 0 Å². The van der Waals surface area contributed by atoms with Crippen LogP contribution in [0.1, 0.15) is 6.92 Å². The lowest BCUT2D eigenvalue weighted by atomic mass is 10.4. The molecule has 0 aliphatic carbocycles. The average Bonchev–Trinajstić information content (AvgIpc) is 2.36. The number of nitrogens with two attached hydrogens (primary N) is 1. The Bertz CT molecular complexity index is 621. The third-order valence-corrected chi connectivity index (χ3v) is 3.24. The van der Waals surface area contributed by atoms with Crippen LogP contribution in [-0.4, -0.2) is 31.0 Å². The third-order valence-electron chi connectivity index (χ3n) is 2.34. The fourth-order valence-corrected chi connectivity index (χ4v) is 1.83. The van der Waals surface area contributed by atoms with Crippen molar-refractivity contribution in [2.24, 2.45) is 19.1 Å². The number of aliphatic imine (C=N–C) groups is 1. The molecule has 0 saturated carbocycles. The van der Waals surface area contributed by atoms with E-state index in [1.807, 2.05) is 0 Å². The first kappa shape index (κ1) is 15.0. The van der Waals surface area contributed by atoms with Crippen molar-refractivity contribution in [2.75, 3.05) is 11.5 Å². The predicted octanol–water partition coefficient (Wildman–Crippen LogP) is -0.466. The molecule has 3 N–H and O–H groups in total. The summed E-state index contributed by atoms with van der Waals surface area (Å²) in [5.74, 6) is -1.11. The van der Waals surface area contributed by atoms with E-state index in [0.717, 1.165) is 20.9 Å². The number of nitrogen functional groups attached to an aromatic ring is 1. The number of carboxylic acid groups (broad SMARTS) is 1. The molecule has 0 aliphatic rings. The van der Waals surface area contributed by atoms with Crippen LogP contribution in [0.4, 0.5) is 11.5 Å². The zero-order valence-electron chi connectivity index (χ0n) is 10.7. The maximum absolute atomic E-state index is 11.7. The van der Waals surface area contributed by atoms with E-state index in [1.165, 1.54) is 14.1 Å². The Morgan fingerprint density at radius 3 is 2.47 bits per heavy atom. The molecular formula is C10H14N4O4S. The van der Waals surface area contributed by atoms with Crippen LogP contribution in [-0.2, 0) is 18.9 Å². The fraction of sp³-hybridized carbons (Fsp3) is 0.400. The van der Waals surface area contributed by atoms with Gasteiger partial charge in [0.05, 0.1) is 10.8 Å². The van der Waals surface area contributed by atoms with Gasteiger partial charge in [0.15, 0.2) is 5.82 Å². The number of aliphatic carboxylic acids is 1. The van der Waals surface area contributed by atoms with E-state index in [-0.39, 0.29) is 17.3 Å². The Morgan fingerprint density at radius 2 is 1.95 bits per heavy atom. The van der Waals surface area contributed by atoms with Gasteiger partial charge >= 0.3 is 11.7 Å². The lowest BCUT2D eigenvalue weighted by molar-refractivity contribution is -0.133. The van der Waals surface area contributed by atoms with Crippen molar-refractivity contribution < 1.29 is 9.90 Å². The van der Waals surface area contributed by atoms with E-state index >= 15 is 0 Å². The molecular weight excluding hydrogens is 272 g/mol. The maximum atomic E-state index is 11.7. The van der Waals surface area contributed by atoms with E-state index in [1.54, 1.807) is 6.92 Å². The number of anilines is 1. The van der Waals surface area contributed by atoms with E-state index in [9.17, 15) is 14.4 Å². The van der Waals surface area contributed by atoms with Crippen LogP contribution in [0.2, 0.25) is 0 Å². The van der Waals surface area contributed by atoms with Crippen LogP contribution >= 0.6 is 11.8 Å². The quantitative estimate of drug-likeness (QED) is 0.573. The second-order valence-electron chi connectivity index (χ2n) is 3.76. The number of carbonyl (C=O) groups is 1. The highest BCUT2D eigenvalue weighted by atomic mass is 32.2. The second kappa shape index (κ2) is 5.74. The van der Waals surface area contributed by atoms with Crippen molar-refractivity contribution in [1.82, 2.24) is 9.13 Å². The molecule has 0 atom stereocenters. The molecule has 1 aromatic rings. The molecule has 0 fully saturated rings. The Kier molecular flexibility index (Phi) is 4.54. The molecule has 0 unspecified atom stereocenters. The lowest BCUT2D eigenvalue weighted by Crippen LogP contribution is -2.38. The second-order valence-corrected chi connectivity index (χ2v) is 4.92. The number of carboxylic acids is 1. The van der Waals surface area contributed by atoms with E-state index < -0.39 is 17.2 Å². The minimum absolute atomic E-state index is 0.0310. The summed E-state index contributed by atoms with van der Waals surface area (Å²) in [7, 11) is 2.76. The van der Waals surface area contributed by atoms with Gasteiger partial charge in [0.25, 0.3) is 5.56 Å². The summed E-state index contributed by atoms with van der Waals surface area (Å²) in [6, 6.07) is 0. The Labute approximate surface area is 112 Å². The molecule has 0 aromatic carbocycles. The van der Waals surface area contributed by atoms with Gasteiger partial charge in [-0.05, 0) is 6.92 Å². The number of hydrogen-bond acceptors (Lipinski definition) is 6. The van der Waals surface area contributed by atoms with Gasteiger partial charge in [-0.25, -0.2) is 9.79 Å². The first-order valence-corrected chi connectivity index (χ1v) is 6.19. The molecule has 0 saturated heterocycles. The number of rotatable bonds is 3. The summed E-state index contributed by atoms with van der Waals surface area (Å²) in [6.45, 7) is 1.58. The van der Waals surface area contributed by atoms with Gasteiger partial charge in [-0.1, -0.05) is 11.8 Å². The van der Waals surface area contributed by atoms with Crippen molar-refractivity contribution in [3.63, 3.8) is 0 Å². The zero-order chi connectivity index (χ0) is 14.7. The predicted molar refractivity (Wildman–Crippen MR) is 74.2 cm³/mol. The first-order valence-electron chi connectivity index (χ1n) is 5.21. The standard InChI is InChI=1S/C10H14N4O4S/c1-5(19-4-6(15)16)12-8-7(11)9(17)14(3)10(18)13(8)2/h4,11H2,1-3H3,(H,15,16)/b12-5+. The molecule has 0 radical (unpaired) electrons. The molecule has 0 amide bonds. The zero-order valence-corrected chi connectivity index (χ0v) is 11.5. The van der Waals surface area contributed by atoms with Crippen LogP contribution in [0.5, 0.6) is 0 Å². The Hall–Kier alpha value is -2.03. The normalized spacial score (nSPS) is 11.6. The molecule has 104 valence electrons. The van der Waals surface area contributed by atoms with Crippen LogP contribution in [0.15, 0.2) is 14.6 Å². The van der Waals surface area contributed by atoms with E-state index in [0.29, 0.717) is 5.04 Å². The van der Waals surface area contributed by atoms with Crippen molar-refractivity contribution in [2.45, 2.75) is 6.92 Å². The molecule has 19 heavy (non-hydrogen) atoms. The van der Waals surface area contributed by atoms with Crippen molar-refractivity contribution in [3.05, 3.63) is 20.8 Å². The smallest absolute Gasteiger partial charge is 0.332 e.